The molecule has 0 amide bonds. The molecule has 0 spiro atoms. The number of rotatable bonds is 6. The van der Waals surface area contributed by atoms with Gasteiger partial charge in [-0.05, 0) is 55.5 Å². The molecule has 19 heavy (non-hydrogen) atoms. The normalized spacial score (nSPS) is 13.5. The van der Waals surface area contributed by atoms with Crippen LogP contribution >= 0.6 is 0 Å². The molecule has 1 rings (SSSR count). The molecule has 0 aliphatic rings. The number of halogens is 3. The maximum Gasteiger partial charge on any atom is 0.475 e. The molecule has 0 saturated carbocycles. The Bertz CT molecular complexity index is 446. The Kier molecular flexibility index (Phi) is 6.00. The van der Waals surface area contributed by atoms with E-state index in [2.05, 4.69) is 0 Å². The fraction of sp³-hybridized carbons (Fsp3) is 0.538. The van der Waals surface area contributed by atoms with Crippen LogP contribution in [0.2, 0.25) is 0 Å². The van der Waals surface area contributed by atoms with E-state index >= 15 is 0 Å². The maximum absolute atomic E-state index is 12.5. The van der Waals surface area contributed by atoms with Gasteiger partial charge in [0.1, 0.15) is 0 Å². The topological polar surface area (TPSA) is 43.1 Å². The summed E-state index contributed by atoms with van der Waals surface area (Å²) >= 11 is 0. The summed E-state index contributed by atoms with van der Waals surface area (Å²) in [6.07, 6.45) is 2.93. The predicted octanol–water partition coefficient (Wildman–Crippen LogP) is 3.16. The molecular weight excluding hydrogens is 275 g/mol. The Morgan fingerprint density at radius 3 is 2.32 bits per heavy atom. The number of benzene rings is 1. The Morgan fingerprint density at radius 2 is 1.79 bits per heavy atom. The molecule has 0 fully saturated rings. The molecule has 0 bridgehead atoms. The number of aryl methyl sites for hydroxylation is 2. The Balaban J connectivity index is 2.98. The van der Waals surface area contributed by atoms with Crippen molar-refractivity contribution in [2.24, 2.45) is 5.73 Å². The lowest BCUT2D eigenvalue weighted by atomic mass is 10.0. The summed E-state index contributed by atoms with van der Waals surface area (Å²) in [5.74, 6) is 0. The van der Waals surface area contributed by atoms with Crippen molar-refractivity contribution in [2.45, 2.75) is 43.0 Å². The first-order valence-electron chi connectivity index (χ1n) is 6.20. The van der Waals surface area contributed by atoms with E-state index in [0.717, 1.165) is 24.0 Å². The molecule has 0 saturated heterocycles. The summed E-state index contributed by atoms with van der Waals surface area (Å²) in [5, 5.41) is 0. The number of nitrogens with two attached hydrogens (primary N) is 1. The fourth-order valence-corrected chi connectivity index (χ4v) is 2.58. The van der Waals surface area contributed by atoms with Crippen molar-refractivity contribution in [1.82, 2.24) is 0 Å². The summed E-state index contributed by atoms with van der Waals surface area (Å²) in [5.41, 5.74) is 2.25. The molecule has 0 radical (unpaired) electrons. The van der Waals surface area contributed by atoms with Crippen LogP contribution in [0.25, 0.3) is 0 Å². The summed E-state index contributed by atoms with van der Waals surface area (Å²) < 4.78 is 48.9. The van der Waals surface area contributed by atoms with Crippen molar-refractivity contribution in [2.75, 3.05) is 6.54 Å². The second-order valence-electron chi connectivity index (χ2n) is 4.30. The summed E-state index contributed by atoms with van der Waals surface area (Å²) in [6, 6.07) is 4.63. The number of unbranched alkanes of at least 4 members (excludes halogenated alkanes) is 1. The van der Waals surface area contributed by atoms with Gasteiger partial charge in [0, 0.05) is 4.90 Å². The zero-order chi connectivity index (χ0) is 14.5. The maximum atomic E-state index is 12.5. The number of hydrogen-bond donors (Lipinski definition) is 1. The van der Waals surface area contributed by atoms with Gasteiger partial charge in [0.15, 0.2) is 10.8 Å². The van der Waals surface area contributed by atoms with Crippen LogP contribution in [0.1, 0.15) is 30.9 Å². The second-order valence-corrected chi connectivity index (χ2v) is 5.77. The van der Waals surface area contributed by atoms with Gasteiger partial charge >= 0.3 is 5.51 Å². The average Bonchev–Trinajstić information content (AvgIpc) is 2.36. The average molecular weight is 293 g/mol. The lowest BCUT2D eigenvalue weighted by Gasteiger charge is -2.10. The van der Waals surface area contributed by atoms with E-state index in [9.17, 15) is 17.4 Å². The first-order valence-corrected chi connectivity index (χ1v) is 7.35. The van der Waals surface area contributed by atoms with Gasteiger partial charge in [-0.15, -0.1) is 0 Å². The molecule has 1 unspecified atom stereocenters. The van der Waals surface area contributed by atoms with Crippen molar-refractivity contribution in [3.8, 4) is 0 Å². The number of hydrogen-bond acceptors (Lipinski definition) is 2. The van der Waals surface area contributed by atoms with Gasteiger partial charge in [-0.3, -0.25) is 0 Å². The van der Waals surface area contributed by atoms with Crippen LogP contribution in [0.4, 0.5) is 13.2 Å². The van der Waals surface area contributed by atoms with Crippen LogP contribution in [0.3, 0.4) is 0 Å². The van der Waals surface area contributed by atoms with E-state index in [0.29, 0.717) is 19.4 Å². The van der Waals surface area contributed by atoms with E-state index in [1.165, 1.54) is 12.1 Å². The molecule has 1 aromatic rings. The Labute approximate surface area is 113 Å². The highest BCUT2D eigenvalue weighted by atomic mass is 32.2. The lowest BCUT2D eigenvalue weighted by molar-refractivity contribution is -0.0384. The molecule has 0 heterocycles. The monoisotopic (exact) mass is 293 g/mol. The van der Waals surface area contributed by atoms with Gasteiger partial charge in [0.05, 0.1) is 0 Å². The SMILES string of the molecule is CCc1cc(CCCCN)cc(S(=O)C(F)(F)F)c1. The fourth-order valence-electron chi connectivity index (χ4n) is 1.79. The largest absolute Gasteiger partial charge is 0.475 e. The highest BCUT2D eigenvalue weighted by molar-refractivity contribution is 7.86. The van der Waals surface area contributed by atoms with Gasteiger partial charge in [0.25, 0.3) is 0 Å². The van der Waals surface area contributed by atoms with Crippen LogP contribution in [0, 0.1) is 0 Å². The quantitative estimate of drug-likeness (QED) is 0.819. The van der Waals surface area contributed by atoms with Crippen LogP contribution in [0.5, 0.6) is 0 Å². The van der Waals surface area contributed by atoms with E-state index in [-0.39, 0.29) is 4.90 Å². The third-order valence-corrected chi connectivity index (χ3v) is 3.86. The van der Waals surface area contributed by atoms with Gasteiger partial charge in [-0.25, -0.2) is 4.21 Å². The third kappa shape index (κ3) is 4.95. The van der Waals surface area contributed by atoms with Crippen molar-refractivity contribution in [3.63, 3.8) is 0 Å². The summed E-state index contributed by atoms with van der Waals surface area (Å²) in [6.45, 7) is 2.42. The molecular formula is C13H18F3NOS. The second kappa shape index (κ2) is 7.05. The zero-order valence-corrected chi connectivity index (χ0v) is 11.6. The number of alkyl halides is 3. The third-order valence-electron chi connectivity index (χ3n) is 2.78. The lowest BCUT2D eigenvalue weighted by Crippen LogP contribution is -2.16. The van der Waals surface area contributed by atoms with Crippen LogP contribution in [-0.2, 0) is 23.6 Å². The van der Waals surface area contributed by atoms with Crippen molar-refractivity contribution in [1.29, 1.82) is 0 Å². The van der Waals surface area contributed by atoms with Gasteiger partial charge in [0.2, 0.25) is 0 Å². The van der Waals surface area contributed by atoms with Crippen LogP contribution in [0.15, 0.2) is 23.1 Å². The molecule has 0 aromatic heterocycles. The van der Waals surface area contributed by atoms with E-state index in [1.807, 2.05) is 13.0 Å². The summed E-state index contributed by atoms with van der Waals surface area (Å²) in [7, 11) is -2.95. The van der Waals surface area contributed by atoms with Crippen LogP contribution < -0.4 is 5.73 Å². The van der Waals surface area contributed by atoms with Gasteiger partial charge in [-0.1, -0.05) is 13.0 Å². The minimum absolute atomic E-state index is 0.158. The zero-order valence-electron chi connectivity index (χ0n) is 10.8. The molecule has 1 aromatic carbocycles. The van der Waals surface area contributed by atoms with E-state index in [4.69, 9.17) is 5.73 Å². The van der Waals surface area contributed by atoms with E-state index in [1.54, 1.807) is 0 Å². The molecule has 0 aliphatic heterocycles. The van der Waals surface area contributed by atoms with Crippen molar-refractivity contribution >= 4 is 10.8 Å². The molecule has 6 heteroatoms. The first kappa shape index (κ1) is 16.2. The van der Waals surface area contributed by atoms with E-state index < -0.39 is 16.3 Å². The highest BCUT2D eigenvalue weighted by Gasteiger charge is 2.38. The molecule has 108 valence electrons. The first-order chi connectivity index (χ1) is 8.88. The predicted molar refractivity (Wildman–Crippen MR) is 70.3 cm³/mol. The Morgan fingerprint density at radius 1 is 1.16 bits per heavy atom. The van der Waals surface area contributed by atoms with Gasteiger partial charge < -0.3 is 5.73 Å². The standard InChI is InChI=1S/C13H18F3NOS/c1-2-10-7-11(5-3-4-6-17)9-12(8-10)19(18)13(14,15)16/h7-9H,2-6,17H2,1H3. The van der Waals surface area contributed by atoms with Crippen molar-refractivity contribution in [3.05, 3.63) is 29.3 Å². The Hall–Kier alpha value is -0.880. The van der Waals surface area contributed by atoms with Gasteiger partial charge in [-0.2, -0.15) is 13.2 Å². The molecule has 0 aliphatic carbocycles. The minimum atomic E-state index is -4.71. The molecule has 2 nitrogen and oxygen atoms in total. The smallest absolute Gasteiger partial charge is 0.330 e. The highest BCUT2D eigenvalue weighted by Crippen LogP contribution is 2.28. The molecule has 2 N–H and O–H groups in total. The van der Waals surface area contributed by atoms with Crippen LogP contribution in [-0.4, -0.2) is 16.3 Å². The minimum Gasteiger partial charge on any atom is -0.330 e. The summed E-state index contributed by atoms with van der Waals surface area (Å²) in [4.78, 5) is -0.158. The molecule has 1 atom stereocenters. The van der Waals surface area contributed by atoms with Crippen molar-refractivity contribution < 1.29 is 17.4 Å².